The second-order valence-electron chi connectivity index (χ2n) is 2.52. The summed E-state index contributed by atoms with van der Waals surface area (Å²) in [4.78, 5) is 3.22. The van der Waals surface area contributed by atoms with Gasteiger partial charge in [-0.3, -0.25) is 0 Å². The minimum atomic E-state index is 0.167. The van der Waals surface area contributed by atoms with E-state index in [9.17, 15) is 0 Å². The van der Waals surface area contributed by atoms with Crippen LogP contribution in [0, 0.1) is 5.39 Å². The van der Waals surface area contributed by atoms with Crippen molar-refractivity contribution in [3.63, 3.8) is 0 Å². The van der Waals surface area contributed by atoms with E-state index in [0.29, 0.717) is 5.38 Å². The molecule has 0 saturated heterocycles. The summed E-state index contributed by atoms with van der Waals surface area (Å²) in [6.07, 6.45) is 3.89. The van der Waals surface area contributed by atoms with Crippen LogP contribution in [0.15, 0.2) is 0 Å². The zero-order valence-corrected chi connectivity index (χ0v) is 6.01. The highest BCUT2D eigenvalue weighted by Crippen LogP contribution is 2.24. The lowest BCUT2D eigenvalue weighted by molar-refractivity contribution is 0.482. The Kier molecular flexibility index (Phi) is 2.29. The van der Waals surface area contributed by atoms with Crippen molar-refractivity contribution in [2.75, 3.05) is 0 Å². The normalized spacial score (nSPS) is 35.6. The first-order valence-electron chi connectivity index (χ1n) is 3.31. The predicted molar refractivity (Wildman–Crippen MR) is 37.0 cm³/mol. The largest absolute Gasteiger partial charge is 0.314 e. The van der Waals surface area contributed by atoms with Crippen LogP contribution in [0.25, 0.3) is 4.98 Å². The summed E-state index contributed by atoms with van der Waals surface area (Å²) >= 11 is 5.82. The van der Waals surface area contributed by atoms with E-state index in [-0.39, 0.29) is 6.04 Å². The zero-order valence-electron chi connectivity index (χ0n) is 5.26. The van der Waals surface area contributed by atoms with Crippen LogP contribution in [-0.4, -0.2) is 11.4 Å². The monoisotopic (exact) mass is 145 g/mol. The van der Waals surface area contributed by atoms with Gasteiger partial charge in [-0.15, -0.1) is 11.6 Å². The molecule has 9 heavy (non-hydrogen) atoms. The molecule has 1 rings (SSSR count). The topological polar surface area (TPSA) is 28.1 Å². The van der Waals surface area contributed by atoms with Crippen molar-refractivity contribution in [2.45, 2.75) is 37.1 Å². The van der Waals surface area contributed by atoms with Gasteiger partial charge in [0.2, 0.25) is 5.39 Å². The Bertz CT molecular complexity index is 122. The van der Waals surface area contributed by atoms with Crippen molar-refractivity contribution in [1.29, 1.82) is 5.39 Å². The SMILES string of the molecule is N#[N+]C1CCC(Cl)CC1. The van der Waals surface area contributed by atoms with Crippen molar-refractivity contribution in [3.05, 3.63) is 4.98 Å². The molecule has 0 aromatic rings. The Labute approximate surface area is 59.8 Å². The second kappa shape index (κ2) is 3.03. The molecule has 3 heteroatoms. The molecule has 0 bridgehead atoms. The lowest BCUT2D eigenvalue weighted by Crippen LogP contribution is -2.15. The minimum absolute atomic E-state index is 0.167. The summed E-state index contributed by atoms with van der Waals surface area (Å²) in [5.41, 5.74) is 0. The Hall–Kier alpha value is -0.290. The average Bonchev–Trinajstić information content (AvgIpc) is 1.90. The van der Waals surface area contributed by atoms with Crippen LogP contribution < -0.4 is 0 Å². The summed E-state index contributed by atoms with van der Waals surface area (Å²) in [6.45, 7) is 0. The fraction of sp³-hybridized carbons (Fsp3) is 1.00. The van der Waals surface area contributed by atoms with Crippen LogP contribution in [0.2, 0.25) is 0 Å². The van der Waals surface area contributed by atoms with E-state index >= 15 is 0 Å². The third-order valence-electron chi connectivity index (χ3n) is 1.79. The van der Waals surface area contributed by atoms with Crippen molar-refractivity contribution < 1.29 is 0 Å². The maximum Gasteiger partial charge on any atom is 0.314 e. The molecule has 0 heterocycles. The predicted octanol–water partition coefficient (Wildman–Crippen LogP) is 2.39. The number of hydrogen-bond donors (Lipinski definition) is 0. The van der Waals surface area contributed by atoms with Gasteiger partial charge in [0.15, 0.2) is 0 Å². The number of rotatable bonds is 0. The van der Waals surface area contributed by atoms with Gasteiger partial charge in [0.1, 0.15) is 4.98 Å². The van der Waals surface area contributed by atoms with Crippen LogP contribution >= 0.6 is 11.6 Å². The van der Waals surface area contributed by atoms with E-state index < -0.39 is 0 Å². The zero-order chi connectivity index (χ0) is 6.69. The van der Waals surface area contributed by atoms with E-state index in [1.54, 1.807) is 0 Å². The molecule has 0 unspecified atom stereocenters. The maximum atomic E-state index is 8.36. The Morgan fingerprint density at radius 1 is 1.22 bits per heavy atom. The van der Waals surface area contributed by atoms with E-state index in [0.717, 1.165) is 25.7 Å². The number of alkyl halides is 1. The second-order valence-corrected chi connectivity index (χ2v) is 3.14. The molecule has 0 amide bonds. The average molecular weight is 146 g/mol. The van der Waals surface area contributed by atoms with Crippen molar-refractivity contribution in [1.82, 2.24) is 0 Å². The molecular formula is C6H10ClN2+. The number of diazo groups is 1. The Balaban J connectivity index is 2.28. The van der Waals surface area contributed by atoms with Gasteiger partial charge in [0, 0.05) is 18.2 Å². The highest BCUT2D eigenvalue weighted by atomic mass is 35.5. The molecule has 0 radical (unpaired) electrons. The van der Waals surface area contributed by atoms with Gasteiger partial charge >= 0.3 is 6.04 Å². The van der Waals surface area contributed by atoms with Crippen molar-refractivity contribution in [3.8, 4) is 0 Å². The van der Waals surface area contributed by atoms with Crippen LogP contribution in [0.4, 0.5) is 0 Å². The van der Waals surface area contributed by atoms with Crippen molar-refractivity contribution >= 4 is 11.6 Å². The smallest absolute Gasteiger partial charge is 0.123 e. The van der Waals surface area contributed by atoms with Gasteiger partial charge in [-0.1, -0.05) is 0 Å². The highest BCUT2D eigenvalue weighted by molar-refractivity contribution is 6.20. The molecule has 1 aliphatic carbocycles. The standard InChI is InChI=1S/C6H10ClN2/c7-5-1-3-6(9-8)4-2-5/h5-6H,1-4H2/q+1. The van der Waals surface area contributed by atoms with Gasteiger partial charge in [-0.25, -0.2) is 0 Å². The molecule has 1 fully saturated rings. The summed E-state index contributed by atoms with van der Waals surface area (Å²) in [6, 6.07) is 0.167. The first-order chi connectivity index (χ1) is 4.33. The van der Waals surface area contributed by atoms with E-state index in [1.165, 1.54) is 0 Å². The molecule has 0 atom stereocenters. The molecule has 0 aromatic carbocycles. The quantitative estimate of drug-likeness (QED) is 0.380. The lowest BCUT2D eigenvalue weighted by Gasteiger charge is -2.12. The number of halogens is 1. The molecule has 0 spiro atoms. The third kappa shape index (κ3) is 1.83. The molecule has 1 saturated carbocycles. The van der Waals surface area contributed by atoms with Crippen LogP contribution in [0.5, 0.6) is 0 Å². The number of hydrogen-bond acceptors (Lipinski definition) is 1. The Morgan fingerprint density at radius 3 is 2.22 bits per heavy atom. The van der Waals surface area contributed by atoms with E-state index in [4.69, 9.17) is 17.0 Å². The van der Waals surface area contributed by atoms with Gasteiger partial charge < -0.3 is 0 Å². The van der Waals surface area contributed by atoms with Crippen LogP contribution in [0.1, 0.15) is 25.7 Å². The summed E-state index contributed by atoms with van der Waals surface area (Å²) < 4.78 is 0. The fourth-order valence-corrected chi connectivity index (χ4v) is 1.40. The van der Waals surface area contributed by atoms with Gasteiger partial charge in [0.05, 0.1) is 0 Å². The number of nitrogens with zero attached hydrogens (tertiary/aromatic N) is 2. The fourth-order valence-electron chi connectivity index (χ4n) is 1.15. The van der Waals surface area contributed by atoms with Gasteiger partial charge in [0.25, 0.3) is 0 Å². The van der Waals surface area contributed by atoms with E-state index in [2.05, 4.69) is 4.98 Å². The molecule has 1 aliphatic rings. The first-order valence-corrected chi connectivity index (χ1v) is 3.75. The summed E-state index contributed by atoms with van der Waals surface area (Å²) in [5, 5.41) is 8.68. The Morgan fingerprint density at radius 2 is 1.78 bits per heavy atom. The van der Waals surface area contributed by atoms with E-state index in [1.807, 2.05) is 0 Å². The molecule has 2 nitrogen and oxygen atoms in total. The summed E-state index contributed by atoms with van der Waals surface area (Å²) in [7, 11) is 0. The maximum absolute atomic E-state index is 8.36. The van der Waals surface area contributed by atoms with Gasteiger partial charge in [-0.2, -0.15) is 0 Å². The first kappa shape index (κ1) is 6.82. The summed E-state index contributed by atoms with van der Waals surface area (Å²) in [5.74, 6) is 0. The van der Waals surface area contributed by atoms with Gasteiger partial charge in [-0.05, 0) is 12.8 Å². The lowest BCUT2D eigenvalue weighted by atomic mass is 9.96. The minimum Gasteiger partial charge on any atom is -0.123 e. The van der Waals surface area contributed by atoms with Crippen molar-refractivity contribution in [2.24, 2.45) is 0 Å². The van der Waals surface area contributed by atoms with Crippen LogP contribution in [-0.2, 0) is 0 Å². The molecular weight excluding hydrogens is 136 g/mol. The third-order valence-corrected chi connectivity index (χ3v) is 2.23. The molecule has 0 aromatic heterocycles. The van der Waals surface area contributed by atoms with Crippen LogP contribution in [0.3, 0.4) is 0 Å². The molecule has 0 aliphatic heterocycles. The highest BCUT2D eigenvalue weighted by Gasteiger charge is 2.27. The molecule has 50 valence electrons. The molecule has 0 N–H and O–H groups in total.